The van der Waals surface area contributed by atoms with E-state index in [0.717, 1.165) is 24.8 Å². The zero-order chi connectivity index (χ0) is 18.3. The highest BCUT2D eigenvalue weighted by Gasteiger charge is 2.55. The Morgan fingerprint density at radius 2 is 2.08 bits per heavy atom. The van der Waals surface area contributed by atoms with Crippen molar-refractivity contribution in [1.82, 2.24) is 20.4 Å². The Kier molecular flexibility index (Phi) is 4.19. The lowest BCUT2D eigenvalue weighted by atomic mass is 9.73. The molecule has 2 atom stereocenters. The largest absolute Gasteiger partial charge is 0.334 e. The summed E-state index contributed by atoms with van der Waals surface area (Å²) in [6, 6.07) is 6.61. The van der Waals surface area contributed by atoms with E-state index in [1.54, 1.807) is 24.3 Å². The van der Waals surface area contributed by atoms with Gasteiger partial charge < -0.3 is 9.84 Å². The molecule has 26 heavy (non-hydrogen) atoms. The number of imide groups is 1. The second kappa shape index (κ2) is 6.39. The van der Waals surface area contributed by atoms with Gasteiger partial charge in [-0.2, -0.15) is 4.98 Å². The summed E-state index contributed by atoms with van der Waals surface area (Å²) >= 11 is 5.88. The number of carbonyl (C=O) groups is 2. The fourth-order valence-electron chi connectivity index (χ4n) is 3.81. The second-order valence-corrected chi connectivity index (χ2v) is 7.40. The Labute approximate surface area is 155 Å². The van der Waals surface area contributed by atoms with E-state index in [0.29, 0.717) is 23.2 Å². The lowest BCUT2D eigenvalue weighted by molar-refractivity contribution is -0.134. The topological polar surface area (TPSA) is 88.3 Å². The molecule has 136 valence electrons. The molecule has 1 aliphatic heterocycles. The molecule has 1 N–H and O–H groups in total. The Morgan fingerprint density at radius 1 is 1.31 bits per heavy atom. The SMILES string of the molecule is C[C@H]1CCCC[C@@]12NC(=O)N(Cc1noc(-c3ccc(Cl)cc3)n1)C2=O. The number of carbonyl (C=O) groups excluding carboxylic acids is 2. The molecular weight excluding hydrogens is 356 g/mol. The second-order valence-electron chi connectivity index (χ2n) is 6.96. The van der Waals surface area contributed by atoms with Crippen molar-refractivity contribution in [2.45, 2.75) is 44.7 Å². The summed E-state index contributed by atoms with van der Waals surface area (Å²) in [5.74, 6) is 0.545. The Hall–Kier alpha value is -2.41. The highest BCUT2D eigenvalue weighted by molar-refractivity contribution is 6.30. The van der Waals surface area contributed by atoms with Crippen molar-refractivity contribution < 1.29 is 14.1 Å². The van der Waals surface area contributed by atoms with Crippen LogP contribution in [0.1, 0.15) is 38.4 Å². The molecule has 1 spiro atoms. The minimum atomic E-state index is -0.780. The molecule has 1 aromatic carbocycles. The van der Waals surface area contributed by atoms with Crippen LogP contribution in [0.2, 0.25) is 5.02 Å². The van der Waals surface area contributed by atoms with Gasteiger partial charge in [-0.3, -0.25) is 9.69 Å². The quantitative estimate of drug-likeness (QED) is 0.832. The maximum Gasteiger partial charge on any atom is 0.325 e. The lowest BCUT2D eigenvalue weighted by Gasteiger charge is -2.36. The number of hydrogen-bond acceptors (Lipinski definition) is 5. The first kappa shape index (κ1) is 17.0. The maximum absolute atomic E-state index is 13.0. The van der Waals surface area contributed by atoms with E-state index in [1.807, 2.05) is 6.92 Å². The molecule has 2 fully saturated rings. The van der Waals surface area contributed by atoms with E-state index in [1.165, 1.54) is 4.90 Å². The van der Waals surface area contributed by atoms with Gasteiger partial charge in [0.2, 0.25) is 0 Å². The molecule has 3 amide bonds. The standard InChI is InChI=1S/C18H19ClN4O3/c1-11-4-2-3-9-18(11)16(24)23(17(25)21-18)10-14-20-15(26-22-14)12-5-7-13(19)8-6-12/h5-8,11H,2-4,9-10H2,1H3,(H,21,25)/t11-,18+/m0/s1. The van der Waals surface area contributed by atoms with Gasteiger partial charge in [-0.05, 0) is 43.0 Å². The van der Waals surface area contributed by atoms with Crippen LogP contribution in [-0.2, 0) is 11.3 Å². The Morgan fingerprint density at radius 3 is 2.81 bits per heavy atom. The molecule has 0 bridgehead atoms. The number of hydrogen-bond donors (Lipinski definition) is 1. The van der Waals surface area contributed by atoms with E-state index in [-0.39, 0.29) is 24.4 Å². The van der Waals surface area contributed by atoms with Gasteiger partial charge in [0.15, 0.2) is 5.82 Å². The number of nitrogens with zero attached hydrogens (tertiary/aromatic N) is 3. The third-order valence-corrected chi connectivity index (χ3v) is 5.61. The van der Waals surface area contributed by atoms with Crippen LogP contribution in [0.25, 0.3) is 11.5 Å². The number of halogens is 1. The molecular formula is C18H19ClN4O3. The van der Waals surface area contributed by atoms with E-state index < -0.39 is 5.54 Å². The predicted molar refractivity (Wildman–Crippen MR) is 94.2 cm³/mol. The molecule has 1 aromatic heterocycles. The van der Waals surface area contributed by atoms with Crippen molar-refractivity contribution in [2.75, 3.05) is 0 Å². The highest BCUT2D eigenvalue weighted by Crippen LogP contribution is 2.38. The zero-order valence-corrected chi connectivity index (χ0v) is 15.1. The normalized spacial score (nSPS) is 25.8. The Bertz CT molecular complexity index is 850. The fourth-order valence-corrected chi connectivity index (χ4v) is 3.93. The van der Waals surface area contributed by atoms with Gasteiger partial charge in [-0.1, -0.05) is 36.5 Å². The third kappa shape index (κ3) is 2.76. The van der Waals surface area contributed by atoms with Gasteiger partial charge in [0.05, 0.1) is 6.54 Å². The first-order valence-electron chi connectivity index (χ1n) is 8.72. The van der Waals surface area contributed by atoms with Crippen LogP contribution in [-0.4, -0.2) is 32.5 Å². The van der Waals surface area contributed by atoms with Gasteiger partial charge >= 0.3 is 6.03 Å². The highest BCUT2D eigenvalue weighted by atomic mass is 35.5. The molecule has 1 saturated carbocycles. The molecule has 7 nitrogen and oxygen atoms in total. The average Bonchev–Trinajstić information content (AvgIpc) is 3.18. The van der Waals surface area contributed by atoms with Crippen molar-refractivity contribution in [3.63, 3.8) is 0 Å². The molecule has 4 rings (SSSR count). The summed E-state index contributed by atoms with van der Waals surface area (Å²) in [5, 5.41) is 7.44. The molecule has 8 heteroatoms. The van der Waals surface area contributed by atoms with Gasteiger partial charge in [0, 0.05) is 10.6 Å². The summed E-state index contributed by atoms with van der Waals surface area (Å²) in [5.41, 5.74) is -0.0549. The average molecular weight is 375 g/mol. The maximum atomic E-state index is 13.0. The number of amides is 3. The molecule has 1 saturated heterocycles. The van der Waals surface area contributed by atoms with Crippen molar-refractivity contribution in [3.05, 3.63) is 35.1 Å². The van der Waals surface area contributed by atoms with E-state index >= 15 is 0 Å². The predicted octanol–water partition coefficient (Wildman–Crippen LogP) is 3.39. The number of nitrogens with one attached hydrogen (secondary N) is 1. The summed E-state index contributed by atoms with van der Waals surface area (Å²) < 4.78 is 5.26. The first-order chi connectivity index (χ1) is 12.5. The third-order valence-electron chi connectivity index (χ3n) is 5.36. The minimum absolute atomic E-state index is 0.00374. The summed E-state index contributed by atoms with van der Waals surface area (Å²) in [7, 11) is 0. The van der Waals surface area contributed by atoms with Crippen LogP contribution in [0, 0.1) is 5.92 Å². The van der Waals surface area contributed by atoms with Crippen LogP contribution < -0.4 is 5.32 Å². The van der Waals surface area contributed by atoms with E-state index in [9.17, 15) is 9.59 Å². The van der Waals surface area contributed by atoms with Crippen molar-refractivity contribution in [2.24, 2.45) is 5.92 Å². The lowest BCUT2D eigenvalue weighted by Crippen LogP contribution is -2.53. The van der Waals surface area contributed by atoms with Crippen molar-refractivity contribution in [1.29, 1.82) is 0 Å². The molecule has 0 radical (unpaired) electrons. The van der Waals surface area contributed by atoms with Gasteiger partial charge in [-0.25, -0.2) is 4.79 Å². The van der Waals surface area contributed by atoms with Crippen LogP contribution in [0.15, 0.2) is 28.8 Å². The van der Waals surface area contributed by atoms with Crippen molar-refractivity contribution >= 4 is 23.5 Å². The zero-order valence-electron chi connectivity index (χ0n) is 14.4. The van der Waals surface area contributed by atoms with E-state index in [4.69, 9.17) is 16.1 Å². The number of rotatable bonds is 3. The first-order valence-corrected chi connectivity index (χ1v) is 9.10. The fraction of sp³-hybridized carbons (Fsp3) is 0.444. The Balaban J connectivity index is 1.53. The van der Waals surface area contributed by atoms with Gasteiger partial charge in [0.25, 0.3) is 11.8 Å². The summed E-state index contributed by atoms with van der Waals surface area (Å²) in [4.78, 5) is 30.9. The smallest absolute Gasteiger partial charge is 0.325 e. The minimum Gasteiger partial charge on any atom is -0.334 e. The molecule has 2 aliphatic rings. The molecule has 2 heterocycles. The van der Waals surface area contributed by atoms with Crippen LogP contribution >= 0.6 is 11.6 Å². The molecule has 2 aromatic rings. The monoisotopic (exact) mass is 374 g/mol. The molecule has 0 unspecified atom stereocenters. The van der Waals surface area contributed by atoms with Crippen LogP contribution in [0.3, 0.4) is 0 Å². The number of urea groups is 1. The summed E-state index contributed by atoms with van der Waals surface area (Å²) in [6.07, 6.45) is 3.63. The van der Waals surface area contributed by atoms with Crippen LogP contribution in [0.4, 0.5) is 4.79 Å². The summed E-state index contributed by atoms with van der Waals surface area (Å²) in [6.45, 7) is 2.02. The van der Waals surface area contributed by atoms with E-state index in [2.05, 4.69) is 15.5 Å². The molecule has 1 aliphatic carbocycles. The number of benzene rings is 1. The number of aromatic nitrogens is 2. The van der Waals surface area contributed by atoms with Gasteiger partial charge in [-0.15, -0.1) is 0 Å². The van der Waals surface area contributed by atoms with Gasteiger partial charge in [0.1, 0.15) is 5.54 Å². The van der Waals surface area contributed by atoms with Crippen molar-refractivity contribution in [3.8, 4) is 11.5 Å². The van der Waals surface area contributed by atoms with Crippen LogP contribution in [0.5, 0.6) is 0 Å².